The Balaban J connectivity index is 1.74. The molecule has 0 spiro atoms. The van der Waals surface area contributed by atoms with Gasteiger partial charge in [-0.25, -0.2) is 0 Å². The van der Waals surface area contributed by atoms with E-state index in [1.54, 1.807) is 0 Å². The monoisotopic (exact) mass is 351 g/mol. The van der Waals surface area contributed by atoms with Crippen LogP contribution in [-0.2, 0) is 5.33 Å². The van der Waals surface area contributed by atoms with Crippen molar-refractivity contribution in [3.05, 3.63) is 11.6 Å². The summed E-state index contributed by atoms with van der Waals surface area (Å²) < 4.78 is 40.3. The average molecular weight is 352 g/mol. The molecule has 0 bridgehead atoms. The predicted octanol–water partition coefficient (Wildman–Crippen LogP) is 4.34. The fourth-order valence-corrected chi connectivity index (χ4v) is 3.50. The lowest BCUT2D eigenvalue weighted by atomic mass is 9.81. The van der Waals surface area contributed by atoms with Gasteiger partial charge in [-0.3, -0.25) is 0 Å². The first-order valence-corrected chi connectivity index (χ1v) is 8.19. The van der Waals surface area contributed by atoms with Crippen LogP contribution in [0.2, 0.25) is 0 Å². The van der Waals surface area contributed by atoms with E-state index in [2.05, 4.69) is 30.7 Å². The highest BCUT2D eigenvalue weighted by atomic mass is 79.9. The molecule has 2 fully saturated rings. The van der Waals surface area contributed by atoms with Gasteiger partial charge in [0.25, 0.3) is 0 Å². The zero-order valence-corrected chi connectivity index (χ0v) is 12.6. The Morgan fingerprint density at radius 3 is 2.20 bits per heavy atom. The Morgan fingerprint density at radius 2 is 1.70 bits per heavy atom. The van der Waals surface area contributed by atoms with Crippen LogP contribution in [0.4, 0.5) is 13.2 Å². The second kappa shape index (κ2) is 5.31. The van der Waals surface area contributed by atoms with Gasteiger partial charge < -0.3 is 4.57 Å². The SMILES string of the molecule is FC(F)(F)C1CCC(c2nnc(CBr)n2C2CC2)CC1. The number of hydrogen-bond acceptors (Lipinski definition) is 2. The van der Waals surface area contributed by atoms with Crippen molar-refractivity contribution in [2.75, 3.05) is 0 Å². The van der Waals surface area contributed by atoms with E-state index in [-0.39, 0.29) is 18.8 Å². The Morgan fingerprint density at radius 1 is 1.05 bits per heavy atom. The minimum atomic E-state index is -4.05. The van der Waals surface area contributed by atoms with E-state index in [0.29, 0.717) is 24.2 Å². The van der Waals surface area contributed by atoms with Gasteiger partial charge in [0.05, 0.1) is 11.2 Å². The molecule has 7 heteroatoms. The third kappa shape index (κ3) is 2.73. The van der Waals surface area contributed by atoms with Crippen molar-refractivity contribution >= 4 is 15.9 Å². The van der Waals surface area contributed by atoms with Crippen molar-refractivity contribution in [2.24, 2.45) is 5.92 Å². The Bertz CT molecular complexity index is 474. The summed E-state index contributed by atoms with van der Waals surface area (Å²) in [6, 6.07) is 0.466. The molecule has 2 aliphatic carbocycles. The van der Waals surface area contributed by atoms with Gasteiger partial charge in [0, 0.05) is 12.0 Å². The Labute approximate surface area is 124 Å². The number of hydrogen-bond donors (Lipinski definition) is 0. The first kappa shape index (κ1) is 14.4. The molecule has 1 heterocycles. The minimum Gasteiger partial charge on any atom is -0.311 e. The molecule has 0 aromatic carbocycles. The van der Waals surface area contributed by atoms with Gasteiger partial charge in [0.15, 0.2) is 0 Å². The highest BCUT2D eigenvalue weighted by Crippen LogP contribution is 2.45. The summed E-state index contributed by atoms with van der Waals surface area (Å²) in [5.41, 5.74) is 0. The smallest absolute Gasteiger partial charge is 0.311 e. The molecule has 1 aromatic heterocycles. The molecule has 0 aliphatic heterocycles. The molecular formula is C13H17BrF3N3. The van der Waals surface area contributed by atoms with Crippen LogP contribution in [0, 0.1) is 5.92 Å². The summed E-state index contributed by atoms with van der Waals surface area (Å²) in [5, 5.41) is 9.09. The largest absolute Gasteiger partial charge is 0.391 e. The molecule has 0 radical (unpaired) electrons. The quantitative estimate of drug-likeness (QED) is 0.758. The fraction of sp³-hybridized carbons (Fsp3) is 0.846. The first-order valence-electron chi connectivity index (χ1n) is 7.07. The summed E-state index contributed by atoms with van der Waals surface area (Å²) in [6.07, 6.45) is -0.221. The lowest BCUT2D eigenvalue weighted by Gasteiger charge is -2.29. The van der Waals surface area contributed by atoms with Crippen molar-refractivity contribution in [2.45, 2.75) is 62.0 Å². The zero-order valence-electron chi connectivity index (χ0n) is 11.0. The molecule has 1 aromatic rings. The van der Waals surface area contributed by atoms with Crippen LogP contribution >= 0.6 is 15.9 Å². The summed E-state index contributed by atoms with van der Waals surface area (Å²) >= 11 is 3.41. The van der Waals surface area contributed by atoms with E-state index < -0.39 is 12.1 Å². The minimum absolute atomic E-state index is 0.134. The van der Waals surface area contributed by atoms with E-state index in [1.165, 1.54) is 0 Å². The van der Waals surface area contributed by atoms with Crippen molar-refractivity contribution in [3.8, 4) is 0 Å². The van der Waals surface area contributed by atoms with Crippen molar-refractivity contribution in [1.82, 2.24) is 14.8 Å². The molecule has 0 unspecified atom stereocenters. The second-order valence-electron chi connectivity index (χ2n) is 5.80. The standard InChI is InChI=1S/C13H17BrF3N3/c14-7-11-18-19-12(20(11)10-5-6-10)8-1-3-9(4-2-8)13(15,16)17/h8-10H,1-7H2. The van der Waals surface area contributed by atoms with Crippen LogP contribution in [0.25, 0.3) is 0 Å². The van der Waals surface area contributed by atoms with Crippen LogP contribution in [-0.4, -0.2) is 20.9 Å². The van der Waals surface area contributed by atoms with Gasteiger partial charge in [-0.15, -0.1) is 10.2 Å². The van der Waals surface area contributed by atoms with Gasteiger partial charge in [-0.2, -0.15) is 13.2 Å². The highest BCUT2D eigenvalue weighted by Gasteiger charge is 2.43. The van der Waals surface area contributed by atoms with Gasteiger partial charge in [0.1, 0.15) is 11.6 Å². The number of aromatic nitrogens is 3. The van der Waals surface area contributed by atoms with Gasteiger partial charge in [-0.05, 0) is 38.5 Å². The summed E-state index contributed by atoms with van der Waals surface area (Å²) in [5.74, 6) is 0.809. The maximum atomic E-state index is 12.7. The predicted molar refractivity (Wildman–Crippen MR) is 71.7 cm³/mol. The van der Waals surface area contributed by atoms with Crippen LogP contribution in [0.15, 0.2) is 0 Å². The van der Waals surface area contributed by atoms with Gasteiger partial charge in [0.2, 0.25) is 0 Å². The van der Waals surface area contributed by atoms with Crippen molar-refractivity contribution < 1.29 is 13.2 Å². The highest BCUT2D eigenvalue weighted by molar-refractivity contribution is 9.08. The molecule has 112 valence electrons. The Hall–Kier alpha value is -0.590. The molecule has 0 amide bonds. The average Bonchev–Trinajstić information content (AvgIpc) is 3.17. The molecule has 2 saturated carbocycles. The van der Waals surface area contributed by atoms with Gasteiger partial charge >= 0.3 is 6.18 Å². The lowest BCUT2D eigenvalue weighted by molar-refractivity contribution is -0.182. The lowest BCUT2D eigenvalue weighted by Crippen LogP contribution is -2.28. The number of halogens is 4. The molecule has 0 atom stereocenters. The molecule has 2 aliphatic rings. The number of rotatable bonds is 3. The maximum Gasteiger partial charge on any atom is 0.391 e. The number of nitrogens with zero attached hydrogens (tertiary/aromatic N) is 3. The van der Waals surface area contributed by atoms with Crippen molar-refractivity contribution in [3.63, 3.8) is 0 Å². The second-order valence-corrected chi connectivity index (χ2v) is 6.36. The van der Waals surface area contributed by atoms with Crippen LogP contribution in [0.1, 0.15) is 62.1 Å². The van der Waals surface area contributed by atoms with E-state index in [0.717, 1.165) is 24.5 Å². The van der Waals surface area contributed by atoms with E-state index in [1.807, 2.05) is 0 Å². The van der Waals surface area contributed by atoms with E-state index >= 15 is 0 Å². The molecular weight excluding hydrogens is 335 g/mol. The van der Waals surface area contributed by atoms with E-state index in [4.69, 9.17) is 0 Å². The molecule has 0 N–H and O–H groups in total. The maximum absolute atomic E-state index is 12.7. The fourth-order valence-electron chi connectivity index (χ4n) is 3.12. The topological polar surface area (TPSA) is 30.7 Å². The zero-order chi connectivity index (χ0) is 14.3. The first-order chi connectivity index (χ1) is 9.50. The Kier molecular flexibility index (Phi) is 3.81. The third-order valence-corrected chi connectivity index (χ3v) is 4.88. The summed E-state index contributed by atoms with van der Waals surface area (Å²) in [6.45, 7) is 0. The summed E-state index contributed by atoms with van der Waals surface area (Å²) in [7, 11) is 0. The molecule has 20 heavy (non-hydrogen) atoms. The normalized spacial score (nSPS) is 27.8. The van der Waals surface area contributed by atoms with Crippen LogP contribution in [0.5, 0.6) is 0 Å². The number of alkyl halides is 4. The summed E-state index contributed by atoms with van der Waals surface area (Å²) in [4.78, 5) is 0. The molecule has 3 rings (SSSR count). The van der Waals surface area contributed by atoms with Crippen molar-refractivity contribution in [1.29, 1.82) is 0 Å². The third-order valence-electron chi connectivity index (χ3n) is 4.38. The van der Waals surface area contributed by atoms with Crippen LogP contribution < -0.4 is 0 Å². The molecule has 3 nitrogen and oxygen atoms in total. The van der Waals surface area contributed by atoms with Crippen LogP contribution in [0.3, 0.4) is 0 Å². The van der Waals surface area contributed by atoms with E-state index in [9.17, 15) is 13.2 Å². The van der Waals surface area contributed by atoms with Gasteiger partial charge in [-0.1, -0.05) is 15.9 Å². The molecule has 0 saturated heterocycles.